The van der Waals surface area contributed by atoms with Gasteiger partial charge in [0.25, 0.3) is 5.91 Å². The third kappa shape index (κ3) is 3.90. The molecule has 5 atom stereocenters. The number of thiophene rings is 1. The highest BCUT2D eigenvalue weighted by Crippen LogP contribution is 2.32. The summed E-state index contributed by atoms with van der Waals surface area (Å²) in [5.74, 6) is -0.00247. The van der Waals surface area contributed by atoms with Crippen LogP contribution in [0.25, 0.3) is 11.0 Å². The van der Waals surface area contributed by atoms with Gasteiger partial charge in [-0.05, 0) is 29.6 Å². The van der Waals surface area contributed by atoms with Gasteiger partial charge in [0.2, 0.25) is 0 Å². The van der Waals surface area contributed by atoms with Crippen LogP contribution in [0.1, 0.15) is 27.2 Å². The number of fused-ring (bicyclic) bond motifs is 1. The van der Waals surface area contributed by atoms with Gasteiger partial charge in [0.15, 0.2) is 0 Å². The maximum absolute atomic E-state index is 12.4. The molecule has 1 aliphatic rings. The van der Waals surface area contributed by atoms with Crippen LogP contribution < -0.4 is 5.32 Å². The quantitative estimate of drug-likeness (QED) is 0.343. The van der Waals surface area contributed by atoms with E-state index in [0.717, 1.165) is 4.88 Å². The largest absolute Gasteiger partial charge is 0.394 e. The van der Waals surface area contributed by atoms with Crippen LogP contribution in [0.4, 0.5) is 0 Å². The molecular weight excluding hydrogens is 398 g/mol. The normalized spacial score (nSPS) is 27.2. The van der Waals surface area contributed by atoms with E-state index in [1.165, 1.54) is 0 Å². The monoisotopic (exact) mass is 419 g/mol. The Morgan fingerprint density at radius 3 is 2.76 bits per heavy atom. The van der Waals surface area contributed by atoms with Gasteiger partial charge in [0.1, 0.15) is 36.3 Å². The van der Waals surface area contributed by atoms with Crippen molar-refractivity contribution >= 4 is 28.3 Å². The minimum atomic E-state index is -1.49. The number of ether oxygens (including phenoxy) is 1. The van der Waals surface area contributed by atoms with Gasteiger partial charge in [0, 0.05) is 10.4 Å². The van der Waals surface area contributed by atoms with Crippen molar-refractivity contribution < 1.29 is 30.0 Å². The van der Waals surface area contributed by atoms with Crippen molar-refractivity contribution in [3.63, 3.8) is 0 Å². The standard InChI is InChI=1S/C19H21N3O6S/c23-8-13-14(24)15(25)16(26)17(28-13)18-21-11-4-3-9(6-12(11)22-18)19(27)20-7-10-2-1-5-29-10/h1-6,13-17,23-26H,7-8H2,(H,20,27)(H,21,22)/t13-,14+,15+,16-,17-/m1/s1. The summed E-state index contributed by atoms with van der Waals surface area (Å²) in [6, 6.07) is 8.81. The molecule has 1 aliphatic heterocycles. The van der Waals surface area contributed by atoms with Crippen molar-refractivity contribution in [3.8, 4) is 0 Å². The van der Waals surface area contributed by atoms with Gasteiger partial charge in [-0.1, -0.05) is 6.07 Å². The number of rotatable bonds is 5. The Balaban J connectivity index is 1.54. The van der Waals surface area contributed by atoms with Gasteiger partial charge in [-0.15, -0.1) is 11.3 Å². The number of amides is 1. The summed E-state index contributed by atoms with van der Waals surface area (Å²) in [5, 5.41) is 44.3. The average molecular weight is 419 g/mol. The molecule has 0 saturated carbocycles. The van der Waals surface area contributed by atoms with E-state index in [1.807, 2.05) is 17.5 Å². The maximum atomic E-state index is 12.4. The Bertz CT molecular complexity index is 989. The number of aliphatic hydroxyl groups is 4. The van der Waals surface area contributed by atoms with Gasteiger partial charge in [-0.3, -0.25) is 4.79 Å². The molecule has 1 amide bonds. The number of carbonyl (C=O) groups is 1. The molecule has 0 unspecified atom stereocenters. The summed E-state index contributed by atoms with van der Waals surface area (Å²) in [4.78, 5) is 20.8. The molecule has 1 fully saturated rings. The zero-order valence-corrected chi connectivity index (χ0v) is 16.0. The number of carbonyl (C=O) groups excluding carboxylic acids is 1. The minimum absolute atomic E-state index is 0.230. The number of nitrogens with one attached hydrogen (secondary N) is 2. The van der Waals surface area contributed by atoms with Crippen LogP contribution in [0.15, 0.2) is 35.7 Å². The van der Waals surface area contributed by atoms with E-state index in [0.29, 0.717) is 23.1 Å². The summed E-state index contributed by atoms with van der Waals surface area (Å²) in [6.07, 6.45) is -6.44. The lowest BCUT2D eigenvalue weighted by Crippen LogP contribution is -2.55. The number of aromatic amines is 1. The number of H-pyrrole nitrogens is 1. The fraction of sp³-hybridized carbons (Fsp3) is 0.368. The summed E-state index contributed by atoms with van der Waals surface area (Å²) >= 11 is 1.56. The molecule has 154 valence electrons. The van der Waals surface area contributed by atoms with Gasteiger partial charge < -0.3 is 35.5 Å². The average Bonchev–Trinajstić information content (AvgIpc) is 3.39. The van der Waals surface area contributed by atoms with Crippen LogP contribution >= 0.6 is 11.3 Å². The third-order valence-electron chi connectivity index (χ3n) is 4.93. The van der Waals surface area contributed by atoms with E-state index in [-0.39, 0.29) is 11.7 Å². The predicted octanol–water partition coefficient (Wildman–Crippen LogP) is 0.0693. The number of nitrogens with zero attached hydrogens (tertiary/aromatic N) is 1. The van der Waals surface area contributed by atoms with Crippen molar-refractivity contribution in [3.05, 3.63) is 52.0 Å². The van der Waals surface area contributed by atoms with Crippen LogP contribution in [0, 0.1) is 0 Å². The van der Waals surface area contributed by atoms with Crippen LogP contribution in [0.3, 0.4) is 0 Å². The second-order valence-corrected chi connectivity index (χ2v) is 7.90. The topological polar surface area (TPSA) is 148 Å². The van der Waals surface area contributed by atoms with E-state index in [2.05, 4.69) is 15.3 Å². The number of benzene rings is 1. The molecule has 29 heavy (non-hydrogen) atoms. The first-order chi connectivity index (χ1) is 14.0. The smallest absolute Gasteiger partial charge is 0.251 e. The summed E-state index contributed by atoms with van der Waals surface area (Å²) in [6.45, 7) is -0.0795. The molecule has 1 saturated heterocycles. The highest BCUT2D eigenvalue weighted by molar-refractivity contribution is 7.09. The summed E-state index contributed by atoms with van der Waals surface area (Å²) < 4.78 is 5.52. The van der Waals surface area contributed by atoms with E-state index >= 15 is 0 Å². The first-order valence-corrected chi connectivity index (χ1v) is 9.96. The zero-order valence-electron chi connectivity index (χ0n) is 15.2. The maximum Gasteiger partial charge on any atom is 0.251 e. The third-order valence-corrected chi connectivity index (χ3v) is 5.80. The molecule has 0 aliphatic carbocycles. The second kappa shape index (κ2) is 8.19. The van der Waals surface area contributed by atoms with Gasteiger partial charge in [-0.25, -0.2) is 4.98 Å². The second-order valence-electron chi connectivity index (χ2n) is 6.87. The fourth-order valence-electron chi connectivity index (χ4n) is 3.32. The van der Waals surface area contributed by atoms with Crippen LogP contribution in [0.5, 0.6) is 0 Å². The van der Waals surface area contributed by atoms with Crippen molar-refractivity contribution in [1.29, 1.82) is 0 Å². The highest BCUT2D eigenvalue weighted by Gasteiger charge is 2.45. The van der Waals surface area contributed by atoms with Gasteiger partial charge in [0.05, 0.1) is 24.2 Å². The fourth-order valence-corrected chi connectivity index (χ4v) is 3.96. The van der Waals surface area contributed by atoms with E-state index in [4.69, 9.17) is 4.74 Å². The minimum Gasteiger partial charge on any atom is -0.394 e. The lowest BCUT2D eigenvalue weighted by atomic mass is 9.95. The Morgan fingerprint density at radius 1 is 1.21 bits per heavy atom. The zero-order chi connectivity index (χ0) is 20.5. The SMILES string of the molecule is O=C(NCc1cccs1)c1ccc2nc([C@@H]3O[C@H](CO)[C@H](O)[C@H](O)[C@H]3O)[nH]c2c1. The predicted molar refractivity (Wildman–Crippen MR) is 104 cm³/mol. The Morgan fingerprint density at radius 2 is 2.03 bits per heavy atom. The van der Waals surface area contributed by atoms with Crippen LogP contribution in [-0.2, 0) is 11.3 Å². The van der Waals surface area contributed by atoms with Crippen LogP contribution in [-0.4, -0.2) is 67.3 Å². The van der Waals surface area contributed by atoms with Crippen molar-refractivity contribution in [2.24, 2.45) is 0 Å². The molecule has 2 aromatic heterocycles. The molecule has 3 heterocycles. The molecule has 3 aromatic rings. The van der Waals surface area contributed by atoms with E-state index in [1.54, 1.807) is 29.5 Å². The van der Waals surface area contributed by atoms with Crippen molar-refractivity contribution in [2.75, 3.05) is 6.61 Å². The molecule has 9 nitrogen and oxygen atoms in total. The summed E-state index contributed by atoms with van der Waals surface area (Å²) in [5.41, 5.74) is 1.55. The van der Waals surface area contributed by atoms with Gasteiger partial charge >= 0.3 is 0 Å². The van der Waals surface area contributed by atoms with E-state index < -0.39 is 37.1 Å². The molecule has 0 bridgehead atoms. The molecule has 0 spiro atoms. The number of hydrogen-bond donors (Lipinski definition) is 6. The molecule has 1 aromatic carbocycles. The summed E-state index contributed by atoms with van der Waals surface area (Å²) in [7, 11) is 0. The van der Waals surface area contributed by atoms with Crippen LogP contribution in [0.2, 0.25) is 0 Å². The Kier molecular flexibility index (Phi) is 5.63. The van der Waals surface area contributed by atoms with Crippen molar-refractivity contribution in [1.82, 2.24) is 15.3 Å². The molecule has 0 radical (unpaired) electrons. The number of imidazole rings is 1. The van der Waals surface area contributed by atoms with Crippen molar-refractivity contribution in [2.45, 2.75) is 37.1 Å². The van der Waals surface area contributed by atoms with Gasteiger partial charge in [-0.2, -0.15) is 0 Å². The lowest BCUT2D eigenvalue weighted by Gasteiger charge is -2.39. The molecule has 4 rings (SSSR count). The molecule has 10 heteroatoms. The first kappa shape index (κ1) is 20.0. The Labute approximate surface area is 169 Å². The molecule has 6 N–H and O–H groups in total. The Hall–Kier alpha value is -2.34. The number of aromatic nitrogens is 2. The highest BCUT2D eigenvalue weighted by atomic mass is 32.1. The molecular formula is C19H21N3O6S. The first-order valence-electron chi connectivity index (χ1n) is 9.08. The number of aliphatic hydroxyl groups excluding tert-OH is 4. The lowest BCUT2D eigenvalue weighted by molar-refractivity contribution is -0.233. The number of hydrogen-bond acceptors (Lipinski definition) is 8. The van der Waals surface area contributed by atoms with E-state index in [9.17, 15) is 25.2 Å².